The van der Waals surface area contributed by atoms with E-state index in [2.05, 4.69) is 4.90 Å². The van der Waals surface area contributed by atoms with Gasteiger partial charge >= 0.3 is 5.63 Å². The first kappa shape index (κ1) is 17.7. The van der Waals surface area contributed by atoms with E-state index in [1.807, 2.05) is 6.07 Å². The van der Waals surface area contributed by atoms with Crippen LogP contribution in [0, 0.1) is 0 Å². The van der Waals surface area contributed by atoms with Crippen molar-refractivity contribution in [1.29, 1.82) is 0 Å². The number of piperidine rings is 1. The Balaban J connectivity index is 1.70. The molecule has 2 aliphatic rings. The van der Waals surface area contributed by atoms with Crippen LogP contribution in [0.5, 0.6) is 0 Å². The molecule has 1 saturated heterocycles. The van der Waals surface area contributed by atoms with E-state index in [4.69, 9.17) is 4.42 Å². The highest BCUT2D eigenvalue weighted by Crippen LogP contribution is 2.33. The molecule has 5 nitrogen and oxygen atoms in total. The highest BCUT2D eigenvalue weighted by Gasteiger charge is 2.27. The molecule has 0 saturated carbocycles. The van der Waals surface area contributed by atoms with Gasteiger partial charge in [-0.3, -0.25) is 0 Å². The van der Waals surface area contributed by atoms with Crippen molar-refractivity contribution in [2.75, 3.05) is 19.6 Å². The van der Waals surface area contributed by atoms with Gasteiger partial charge in [0.05, 0.1) is 6.10 Å². The zero-order valence-corrected chi connectivity index (χ0v) is 15.1. The lowest BCUT2D eigenvalue weighted by Crippen LogP contribution is -2.39. The van der Waals surface area contributed by atoms with Crippen molar-refractivity contribution < 1.29 is 14.6 Å². The Morgan fingerprint density at radius 1 is 1.00 bits per heavy atom. The summed E-state index contributed by atoms with van der Waals surface area (Å²) >= 11 is 0. The average molecular weight is 357 g/mol. The summed E-state index contributed by atoms with van der Waals surface area (Å²) in [5.74, 6) is 0. The first-order chi connectivity index (χ1) is 12.6. The normalized spacial score (nSPS) is 20.7. The van der Waals surface area contributed by atoms with E-state index in [0.717, 1.165) is 68.1 Å². The maximum absolute atomic E-state index is 12.3. The minimum atomic E-state index is -0.987. The van der Waals surface area contributed by atoms with Crippen molar-refractivity contribution in [3.8, 4) is 0 Å². The Morgan fingerprint density at radius 2 is 1.73 bits per heavy atom. The average Bonchev–Trinajstić information content (AvgIpc) is 2.68. The van der Waals surface area contributed by atoms with Crippen molar-refractivity contribution in [1.82, 2.24) is 4.90 Å². The van der Waals surface area contributed by atoms with Gasteiger partial charge in [-0.05, 0) is 68.8 Å². The monoisotopic (exact) mass is 357 g/mol. The Morgan fingerprint density at radius 3 is 2.50 bits per heavy atom. The molecule has 5 heteroatoms. The van der Waals surface area contributed by atoms with Crippen LogP contribution in [0.25, 0.3) is 11.0 Å². The smallest absolute Gasteiger partial charge is 0.339 e. The second-order valence-electron chi connectivity index (χ2n) is 7.65. The molecule has 140 valence electrons. The van der Waals surface area contributed by atoms with E-state index < -0.39 is 12.2 Å². The highest BCUT2D eigenvalue weighted by atomic mass is 16.4. The van der Waals surface area contributed by atoms with Crippen LogP contribution in [0.15, 0.2) is 27.4 Å². The van der Waals surface area contributed by atoms with E-state index in [9.17, 15) is 15.0 Å². The summed E-state index contributed by atoms with van der Waals surface area (Å²) in [6, 6.07) is 5.41. The largest absolute Gasteiger partial charge is 0.422 e. The van der Waals surface area contributed by atoms with Gasteiger partial charge in [-0.15, -0.1) is 0 Å². The molecule has 2 atom stereocenters. The molecule has 1 aliphatic carbocycles. The quantitative estimate of drug-likeness (QED) is 0.823. The maximum atomic E-state index is 12.3. The molecule has 2 N–H and O–H groups in total. The van der Waals surface area contributed by atoms with Crippen LogP contribution in [0.4, 0.5) is 0 Å². The molecule has 4 rings (SSSR count). The van der Waals surface area contributed by atoms with Crippen molar-refractivity contribution in [2.24, 2.45) is 0 Å². The van der Waals surface area contributed by atoms with Crippen LogP contribution in [0.1, 0.15) is 54.9 Å². The molecule has 26 heavy (non-hydrogen) atoms. The number of nitrogens with zero attached hydrogens (tertiary/aromatic N) is 1. The van der Waals surface area contributed by atoms with Crippen LogP contribution in [0.2, 0.25) is 0 Å². The van der Waals surface area contributed by atoms with Crippen molar-refractivity contribution >= 4 is 11.0 Å². The van der Waals surface area contributed by atoms with Gasteiger partial charge in [0.25, 0.3) is 0 Å². The predicted octanol–water partition coefficient (Wildman–Crippen LogP) is 2.55. The van der Waals surface area contributed by atoms with Gasteiger partial charge in [0.2, 0.25) is 0 Å². The van der Waals surface area contributed by atoms with Gasteiger partial charge in [-0.2, -0.15) is 0 Å². The second-order valence-corrected chi connectivity index (χ2v) is 7.65. The van der Waals surface area contributed by atoms with Gasteiger partial charge < -0.3 is 19.5 Å². The second kappa shape index (κ2) is 7.51. The minimum absolute atomic E-state index is 0.257. The highest BCUT2D eigenvalue weighted by molar-refractivity contribution is 5.85. The number of rotatable bonds is 4. The van der Waals surface area contributed by atoms with Crippen LogP contribution >= 0.6 is 0 Å². The Kier molecular flexibility index (Phi) is 5.11. The SMILES string of the molecule is O=c1oc2cccc(C(O)C(O)CN3CCCCC3)c2c2c1CCCC2. The lowest BCUT2D eigenvalue weighted by Gasteiger charge is -2.30. The number of β-amino-alcohol motifs (C(OH)–C–C–N with tert-alkyl or cyclic N) is 1. The molecule has 0 radical (unpaired) electrons. The summed E-state index contributed by atoms with van der Waals surface area (Å²) in [5.41, 5.74) is 2.68. The topological polar surface area (TPSA) is 73.9 Å². The van der Waals surface area contributed by atoms with Gasteiger partial charge in [-0.25, -0.2) is 4.79 Å². The lowest BCUT2D eigenvalue weighted by atomic mass is 9.87. The molecule has 2 heterocycles. The van der Waals surface area contributed by atoms with E-state index in [-0.39, 0.29) is 5.63 Å². The van der Waals surface area contributed by atoms with Gasteiger partial charge in [-0.1, -0.05) is 18.6 Å². The molecule has 1 aromatic carbocycles. The van der Waals surface area contributed by atoms with Crippen LogP contribution in [0.3, 0.4) is 0 Å². The number of aliphatic hydroxyl groups is 2. The molecule has 0 spiro atoms. The van der Waals surface area contributed by atoms with E-state index in [1.54, 1.807) is 12.1 Å². The number of benzene rings is 1. The summed E-state index contributed by atoms with van der Waals surface area (Å²) < 4.78 is 5.52. The molecule has 1 aliphatic heterocycles. The Hall–Kier alpha value is -1.69. The van der Waals surface area contributed by atoms with Gasteiger partial charge in [0.15, 0.2) is 0 Å². The summed E-state index contributed by atoms with van der Waals surface area (Å²) in [6.07, 6.45) is 5.27. The molecule has 2 unspecified atom stereocenters. The van der Waals surface area contributed by atoms with Gasteiger partial charge in [0, 0.05) is 17.5 Å². The zero-order valence-electron chi connectivity index (χ0n) is 15.1. The predicted molar refractivity (Wildman–Crippen MR) is 100 cm³/mol. The number of fused-ring (bicyclic) bond motifs is 3. The van der Waals surface area contributed by atoms with Crippen molar-refractivity contribution in [3.05, 3.63) is 45.3 Å². The maximum Gasteiger partial charge on any atom is 0.339 e. The summed E-state index contributed by atoms with van der Waals surface area (Å²) in [4.78, 5) is 14.5. The first-order valence-electron chi connectivity index (χ1n) is 9.81. The third-order valence-electron chi connectivity index (χ3n) is 5.85. The summed E-state index contributed by atoms with van der Waals surface area (Å²) in [6.45, 7) is 2.42. The number of likely N-dealkylation sites (tertiary alicyclic amines) is 1. The molecule has 1 fully saturated rings. The fourth-order valence-electron chi connectivity index (χ4n) is 4.48. The third-order valence-corrected chi connectivity index (χ3v) is 5.85. The fraction of sp³-hybridized carbons (Fsp3) is 0.571. The molecular weight excluding hydrogens is 330 g/mol. The van der Waals surface area contributed by atoms with E-state index >= 15 is 0 Å². The molecule has 2 aromatic rings. The van der Waals surface area contributed by atoms with Gasteiger partial charge in [0.1, 0.15) is 11.7 Å². The summed E-state index contributed by atoms with van der Waals surface area (Å²) in [5, 5.41) is 22.4. The van der Waals surface area contributed by atoms with Crippen LogP contribution < -0.4 is 5.63 Å². The standard InChI is InChI=1S/C21H27NO4/c23-17(13-22-11-4-1-5-12-22)20(24)16-9-6-10-18-19(16)14-7-2-3-8-15(14)21(25)26-18/h6,9-10,17,20,23-24H,1-5,7-8,11-13H2. The number of aryl methyl sites for hydroxylation is 1. The van der Waals surface area contributed by atoms with E-state index in [1.165, 1.54) is 6.42 Å². The van der Waals surface area contributed by atoms with Crippen molar-refractivity contribution in [3.63, 3.8) is 0 Å². The first-order valence-corrected chi connectivity index (χ1v) is 9.81. The molecule has 0 amide bonds. The minimum Gasteiger partial charge on any atom is -0.422 e. The number of hydrogen-bond donors (Lipinski definition) is 2. The summed E-state index contributed by atoms with van der Waals surface area (Å²) in [7, 11) is 0. The fourth-order valence-corrected chi connectivity index (χ4v) is 4.48. The molecule has 1 aromatic heterocycles. The van der Waals surface area contributed by atoms with Crippen molar-refractivity contribution in [2.45, 2.75) is 57.2 Å². The van der Waals surface area contributed by atoms with Crippen LogP contribution in [-0.2, 0) is 12.8 Å². The van der Waals surface area contributed by atoms with Crippen LogP contribution in [-0.4, -0.2) is 40.9 Å². The Labute approximate surface area is 153 Å². The number of hydrogen-bond acceptors (Lipinski definition) is 5. The molecule has 0 bridgehead atoms. The Bertz CT molecular complexity index is 838. The zero-order chi connectivity index (χ0) is 18.1. The van der Waals surface area contributed by atoms with E-state index in [0.29, 0.717) is 17.7 Å². The third kappa shape index (κ3) is 3.31. The molecular formula is C21H27NO4. The lowest BCUT2D eigenvalue weighted by molar-refractivity contribution is -0.00598. The number of aliphatic hydroxyl groups excluding tert-OH is 2.